The minimum Gasteiger partial charge on any atom is -0.273 e. The van der Waals surface area contributed by atoms with Gasteiger partial charge in [0.15, 0.2) is 0 Å². The van der Waals surface area contributed by atoms with Gasteiger partial charge in [0.25, 0.3) is 0 Å². The second-order valence-corrected chi connectivity index (χ2v) is 3.74. The first-order valence-corrected chi connectivity index (χ1v) is 6.07. The zero-order chi connectivity index (χ0) is 12.8. The standard InChI is InChI=1S/C9H12N4O3S/c1-3-6-5-7(4-2)11-8(10-6)12-9(14)13-17(15)16/h5H,3-4H2,1-2H3,(H,10,11,12,14). The molecule has 0 radical (unpaired) electrons. The van der Waals surface area contributed by atoms with Crippen LogP contribution in [0.2, 0.25) is 0 Å². The average Bonchev–Trinajstić information content (AvgIpc) is 2.27. The summed E-state index contributed by atoms with van der Waals surface area (Å²) in [6.07, 6.45) is 1.39. The first-order chi connectivity index (χ1) is 8.05. The molecule has 0 atom stereocenters. The lowest BCUT2D eigenvalue weighted by atomic mass is 10.2. The monoisotopic (exact) mass is 256 g/mol. The first kappa shape index (κ1) is 13.2. The molecule has 0 aliphatic rings. The minimum absolute atomic E-state index is 0.0698. The topological polar surface area (TPSA) is 101 Å². The Kier molecular flexibility index (Phi) is 4.70. The van der Waals surface area contributed by atoms with Crippen LogP contribution in [0, 0.1) is 0 Å². The molecule has 0 aromatic carbocycles. The quantitative estimate of drug-likeness (QED) is 0.875. The number of rotatable bonds is 3. The molecule has 1 N–H and O–H groups in total. The molecule has 7 nitrogen and oxygen atoms in total. The highest BCUT2D eigenvalue weighted by Crippen LogP contribution is 2.07. The highest BCUT2D eigenvalue weighted by Gasteiger charge is 2.06. The van der Waals surface area contributed by atoms with Crippen LogP contribution in [-0.4, -0.2) is 24.4 Å². The van der Waals surface area contributed by atoms with Crippen LogP contribution in [0.25, 0.3) is 0 Å². The largest absolute Gasteiger partial charge is 0.362 e. The molecule has 1 heterocycles. The van der Waals surface area contributed by atoms with Gasteiger partial charge in [0.2, 0.25) is 5.95 Å². The number of carbonyl (C=O) groups excluding carboxylic acids is 1. The molecule has 0 saturated carbocycles. The number of aryl methyl sites for hydroxylation is 2. The van der Waals surface area contributed by atoms with Crippen LogP contribution in [0.4, 0.5) is 10.7 Å². The Hall–Kier alpha value is -1.83. The Bertz CT molecular complexity index is 523. The van der Waals surface area contributed by atoms with Crippen molar-refractivity contribution in [1.82, 2.24) is 9.97 Å². The van der Waals surface area contributed by atoms with E-state index in [4.69, 9.17) is 0 Å². The van der Waals surface area contributed by atoms with Crippen molar-refractivity contribution in [2.75, 3.05) is 5.32 Å². The Balaban J connectivity index is 2.98. The summed E-state index contributed by atoms with van der Waals surface area (Å²) in [5.74, 6) is 0.0698. The molecule has 0 spiro atoms. The van der Waals surface area contributed by atoms with Crippen LogP contribution >= 0.6 is 0 Å². The summed E-state index contributed by atoms with van der Waals surface area (Å²) < 4.78 is 23.1. The van der Waals surface area contributed by atoms with E-state index in [1.807, 2.05) is 19.9 Å². The van der Waals surface area contributed by atoms with Gasteiger partial charge >= 0.3 is 16.5 Å². The van der Waals surface area contributed by atoms with Crippen LogP contribution in [0.15, 0.2) is 10.4 Å². The molecular weight excluding hydrogens is 244 g/mol. The van der Waals surface area contributed by atoms with Crippen molar-refractivity contribution in [1.29, 1.82) is 0 Å². The summed E-state index contributed by atoms with van der Waals surface area (Å²) >= 11 is 0. The van der Waals surface area contributed by atoms with Crippen LogP contribution in [0.1, 0.15) is 25.2 Å². The molecule has 0 aliphatic heterocycles. The highest BCUT2D eigenvalue weighted by atomic mass is 32.2. The molecule has 92 valence electrons. The third kappa shape index (κ3) is 4.27. The average molecular weight is 256 g/mol. The number of anilines is 1. The molecule has 1 aromatic heterocycles. The minimum atomic E-state index is -2.78. The lowest BCUT2D eigenvalue weighted by Crippen LogP contribution is -2.11. The van der Waals surface area contributed by atoms with Gasteiger partial charge < -0.3 is 0 Å². The number of urea groups is 1. The van der Waals surface area contributed by atoms with E-state index in [9.17, 15) is 13.2 Å². The molecule has 2 amide bonds. The maximum absolute atomic E-state index is 11.1. The zero-order valence-electron chi connectivity index (χ0n) is 9.47. The molecule has 0 saturated heterocycles. The van der Waals surface area contributed by atoms with E-state index in [1.165, 1.54) is 0 Å². The van der Waals surface area contributed by atoms with Crippen molar-refractivity contribution in [3.63, 3.8) is 0 Å². The Morgan fingerprint density at radius 2 is 1.82 bits per heavy atom. The highest BCUT2D eigenvalue weighted by molar-refractivity contribution is 7.62. The molecule has 17 heavy (non-hydrogen) atoms. The third-order valence-corrected chi connectivity index (χ3v) is 2.25. The van der Waals surface area contributed by atoms with Crippen molar-refractivity contribution < 1.29 is 13.2 Å². The Morgan fingerprint density at radius 1 is 1.29 bits per heavy atom. The van der Waals surface area contributed by atoms with E-state index in [1.54, 1.807) is 0 Å². The lowest BCUT2D eigenvalue weighted by molar-refractivity contribution is 0.259. The number of amides is 2. The van der Waals surface area contributed by atoms with Crippen molar-refractivity contribution in [2.24, 2.45) is 4.36 Å². The van der Waals surface area contributed by atoms with E-state index in [-0.39, 0.29) is 5.95 Å². The normalized spacial score (nSPS) is 9.76. The van der Waals surface area contributed by atoms with Gasteiger partial charge in [-0.1, -0.05) is 18.2 Å². The SMILES string of the molecule is CCc1cc(CC)nc(NC(=O)N=S(=O)=O)n1. The smallest absolute Gasteiger partial charge is 0.273 e. The number of aromatic nitrogens is 2. The zero-order valence-corrected chi connectivity index (χ0v) is 10.3. The fourth-order valence-electron chi connectivity index (χ4n) is 1.16. The first-order valence-electron chi connectivity index (χ1n) is 5.04. The number of nitrogens with zero attached hydrogens (tertiary/aromatic N) is 3. The maximum Gasteiger partial charge on any atom is 0.362 e. The molecule has 0 aliphatic carbocycles. The summed E-state index contributed by atoms with van der Waals surface area (Å²) in [5.41, 5.74) is 1.55. The Labute approximate surface area is 100 Å². The van der Waals surface area contributed by atoms with Crippen molar-refractivity contribution >= 4 is 22.5 Å². The number of nitrogens with one attached hydrogen (secondary N) is 1. The number of hydrogen-bond acceptors (Lipinski definition) is 5. The van der Waals surface area contributed by atoms with Gasteiger partial charge in [-0.05, 0) is 18.9 Å². The van der Waals surface area contributed by atoms with Crippen LogP contribution in [0.3, 0.4) is 0 Å². The molecule has 1 aromatic rings. The van der Waals surface area contributed by atoms with Crippen molar-refractivity contribution in [3.8, 4) is 0 Å². The number of carbonyl (C=O) groups is 1. The summed E-state index contributed by atoms with van der Waals surface area (Å²) in [6, 6.07) is 0.826. The summed E-state index contributed by atoms with van der Waals surface area (Å²) in [4.78, 5) is 19.2. The number of hydrogen-bond donors (Lipinski definition) is 1. The molecule has 8 heteroatoms. The summed E-state index contributed by atoms with van der Waals surface area (Å²) in [5, 5.41) is 2.20. The van der Waals surface area contributed by atoms with Gasteiger partial charge in [-0.15, -0.1) is 0 Å². The molecular formula is C9H12N4O3S. The van der Waals surface area contributed by atoms with Crippen LogP contribution < -0.4 is 5.32 Å². The second kappa shape index (κ2) is 6.04. The fraction of sp³-hybridized carbons (Fsp3) is 0.444. The third-order valence-electron chi connectivity index (χ3n) is 1.93. The van der Waals surface area contributed by atoms with Gasteiger partial charge in [-0.3, -0.25) is 5.32 Å². The van der Waals surface area contributed by atoms with Gasteiger partial charge in [0, 0.05) is 11.4 Å². The van der Waals surface area contributed by atoms with Crippen molar-refractivity contribution in [2.45, 2.75) is 26.7 Å². The van der Waals surface area contributed by atoms with E-state index in [2.05, 4.69) is 19.6 Å². The lowest BCUT2D eigenvalue weighted by Gasteiger charge is -2.04. The van der Waals surface area contributed by atoms with Crippen molar-refractivity contribution in [3.05, 3.63) is 17.5 Å². The molecule has 0 bridgehead atoms. The molecule has 0 unspecified atom stereocenters. The molecule has 0 fully saturated rings. The van der Waals surface area contributed by atoms with E-state index < -0.39 is 16.5 Å². The van der Waals surface area contributed by atoms with Gasteiger partial charge in [-0.2, -0.15) is 8.42 Å². The van der Waals surface area contributed by atoms with E-state index >= 15 is 0 Å². The van der Waals surface area contributed by atoms with E-state index in [0.717, 1.165) is 11.4 Å². The van der Waals surface area contributed by atoms with Gasteiger partial charge in [0.1, 0.15) is 0 Å². The Morgan fingerprint density at radius 3 is 2.24 bits per heavy atom. The molecule has 1 rings (SSSR count). The second-order valence-electron chi connectivity index (χ2n) is 3.12. The van der Waals surface area contributed by atoms with E-state index in [0.29, 0.717) is 12.8 Å². The fourth-order valence-corrected chi connectivity index (χ4v) is 1.34. The summed E-state index contributed by atoms with van der Waals surface area (Å²) in [7, 11) is -2.78. The van der Waals surface area contributed by atoms with Crippen LogP contribution in [-0.2, 0) is 23.3 Å². The predicted octanol–water partition coefficient (Wildman–Crippen LogP) is 1.20. The summed E-state index contributed by atoms with van der Waals surface area (Å²) in [6.45, 7) is 3.84. The van der Waals surface area contributed by atoms with Gasteiger partial charge in [-0.25, -0.2) is 14.8 Å². The van der Waals surface area contributed by atoms with Gasteiger partial charge in [0.05, 0.1) is 0 Å². The predicted molar refractivity (Wildman–Crippen MR) is 61.2 cm³/mol. The maximum atomic E-state index is 11.1. The van der Waals surface area contributed by atoms with Crippen LogP contribution in [0.5, 0.6) is 0 Å².